The molecule has 1 unspecified atom stereocenters. The fraction of sp³-hybridized carbons (Fsp3) is 0.211. The number of carboxylic acid groups (broad SMARTS) is 1. The molecular formula is C19H17NO9. The largest absolute Gasteiger partial charge is 0.479 e. The molecule has 1 aromatic carbocycles. The van der Waals surface area contributed by atoms with Gasteiger partial charge in [-0.1, -0.05) is 30.3 Å². The summed E-state index contributed by atoms with van der Waals surface area (Å²) < 4.78 is 9.48. The molecule has 152 valence electrons. The molecule has 0 spiro atoms. The third-order valence-electron chi connectivity index (χ3n) is 3.77. The number of hydrogen-bond donors (Lipinski definition) is 2. The molecule has 10 nitrogen and oxygen atoms in total. The number of carbonyl (C=O) groups excluding carboxylic acids is 3. The van der Waals surface area contributed by atoms with Crippen molar-refractivity contribution in [2.75, 3.05) is 0 Å². The van der Waals surface area contributed by atoms with Crippen LogP contribution in [0.1, 0.15) is 28.8 Å². The lowest BCUT2D eigenvalue weighted by molar-refractivity contribution is -0.318. The third kappa shape index (κ3) is 6.19. The summed E-state index contributed by atoms with van der Waals surface area (Å²) in [5.41, 5.74) is -2.08. The highest BCUT2D eigenvalue weighted by molar-refractivity contribution is 5.98. The average molecular weight is 403 g/mol. The van der Waals surface area contributed by atoms with Gasteiger partial charge >= 0.3 is 23.9 Å². The second-order valence-electron chi connectivity index (χ2n) is 5.89. The van der Waals surface area contributed by atoms with Crippen molar-refractivity contribution < 1.29 is 43.9 Å². The van der Waals surface area contributed by atoms with Gasteiger partial charge in [-0.3, -0.25) is 19.8 Å². The van der Waals surface area contributed by atoms with Crippen molar-refractivity contribution in [3.63, 3.8) is 0 Å². The van der Waals surface area contributed by atoms with Gasteiger partial charge in [0.2, 0.25) is 5.60 Å². The van der Waals surface area contributed by atoms with Crippen molar-refractivity contribution in [1.29, 1.82) is 0 Å². The Morgan fingerprint density at radius 1 is 0.966 bits per heavy atom. The van der Waals surface area contributed by atoms with E-state index < -0.39 is 42.3 Å². The summed E-state index contributed by atoms with van der Waals surface area (Å²) in [5.74, 6) is -5.27. The van der Waals surface area contributed by atoms with E-state index in [9.17, 15) is 24.3 Å². The molecule has 1 aromatic heterocycles. The lowest BCUT2D eigenvalue weighted by atomic mass is 9.95. The molecule has 0 bridgehead atoms. The Morgan fingerprint density at radius 3 is 2.24 bits per heavy atom. The summed E-state index contributed by atoms with van der Waals surface area (Å²) in [6, 6.07) is 11.3. The van der Waals surface area contributed by atoms with E-state index in [0.29, 0.717) is 5.56 Å². The highest BCUT2D eigenvalue weighted by Crippen LogP contribution is 2.23. The van der Waals surface area contributed by atoms with Crippen molar-refractivity contribution in [3.05, 3.63) is 66.0 Å². The van der Waals surface area contributed by atoms with Crippen molar-refractivity contribution in [2.45, 2.75) is 25.0 Å². The van der Waals surface area contributed by atoms with Gasteiger partial charge < -0.3 is 14.6 Å². The smallest absolute Gasteiger partial charge is 0.347 e. The standard InChI is InChI=1S/C19H17NO9/c21-15(27-12-13-5-2-1-3-6-13)9-19(29-26,18(24)25)10-16(22)28-17(23)14-7-4-8-20-11-14/h1-8,11,26H,9-10,12H2,(H,24,25). The Kier molecular flexibility index (Phi) is 7.52. The van der Waals surface area contributed by atoms with Gasteiger partial charge in [0.25, 0.3) is 0 Å². The summed E-state index contributed by atoms with van der Waals surface area (Å²) in [6.45, 7) is -0.148. The zero-order valence-corrected chi connectivity index (χ0v) is 15.0. The van der Waals surface area contributed by atoms with E-state index in [4.69, 9.17) is 9.99 Å². The van der Waals surface area contributed by atoms with Gasteiger partial charge in [-0.2, -0.15) is 0 Å². The molecule has 1 heterocycles. The van der Waals surface area contributed by atoms with E-state index in [-0.39, 0.29) is 12.2 Å². The zero-order chi connectivity index (χ0) is 21.3. The Hall–Kier alpha value is -3.63. The number of carboxylic acids is 1. The van der Waals surface area contributed by atoms with Crippen molar-refractivity contribution in [3.8, 4) is 0 Å². The van der Waals surface area contributed by atoms with E-state index in [2.05, 4.69) is 14.6 Å². The van der Waals surface area contributed by atoms with Gasteiger partial charge in [-0.15, -0.1) is 0 Å². The molecule has 0 aliphatic heterocycles. The molecule has 0 saturated heterocycles. The molecule has 2 N–H and O–H groups in total. The SMILES string of the molecule is O=C(CC(CC(=O)OC(=O)c1cccnc1)(OO)C(=O)O)OCc1ccccc1. The first-order valence-corrected chi connectivity index (χ1v) is 8.27. The third-order valence-corrected chi connectivity index (χ3v) is 3.77. The predicted octanol–water partition coefficient (Wildman–Crippen LogP) is 1.60. The maximum Gasteiger partial charge on any atom is 0.347 e. The van der Waals surface area contributed by atoms with Crippen LogP contribution in [-0.2, 0) is 35.4 Å². The Morgan fingerprint density at radius 2 is 1.66 bits per heavy atom. The van der Waals surface area contributed by atoms with Gasteiger partial charge in [0, 0.05) is 12.4 Å². The number of hydrogen-bond acceptors (Lipinski definition) is 9. The first kappa shape index (κ1) is 21.7. The Labute approximate surface area is 164 Å². The Bertz CT molecular complexity index is 870. The lowest BCUT2D eigenvalue weighted by Crippen LogP contribution is -2.45. The Balaban J connectivity index is 2.00. The molecule has 0 fully saturated rings. The molecule has 1 atom stereocenters. The van der Waals surface area contributed by atoms with Crippen LogP contribution in [0.3, 0.4) is 0 Å². The summed E-state index contributed by atoms with van der Waals surface area (Å²) >= 11 is 0. The average Bonchev–Trinajstić information content (AvgIpc) is 2.72. The van der Waals surface area contributed by atoms with Crippen LogP contribution in [0.4, 0.5) is 0 Å². The van der Waals surface area contributed by atoms with E-state index in [1.807, 2.05) is 0 Å². The maximum absolute atomic E-state index is 12.0. The number of pyridine rings is 1. The van der Waals surface area contributed by atoms with Crippen LogP contribution in [0.2, 0.25) is 0 Å². The van der Waals surface area contributed by atoms with Gasteiger partial charge in [-0.25, -0.2) is 14.5 Å². The van der Waals surface area contributed by atoms with Crippen LogP contribution >= 0.6 is 0 Å². The highest BCUT2D eigenvalue weighted by atomic mass is 17.1. The number of aliphatic carboxylic acids is 1. The van der Waals surface area contributed by atoms with Gasteiger partial charge in [0.1, 0.15) is 6.61 Å². The van der Waals surface area contributed by atoms with E-state index in [0.717, 1.165) is 6.20 Å². The fourth-order valence-electron chi connectivity index (χ4n) is 2.25. The predicted molar refractivity (Wildman–Crippen MR) is 94.2 cm³/mol. The van der Waals surface area contributed by atoms with Crippen LogP contribution < -0.4 is 0 Å². The van der Waals surface area contributed by atoms with Crippen LogP contribution in [0.15, 0.2) is 54.9 Å². The number of carbonyl (C=O) groups is 4. The summed E-state index contributed by atoms with van der Waals surface area (Å²) in [7, 11) is 0. The van der Waals surface area contributed by atoms with Crippen LogP contribution in [0.25, 0.3) is 0 Å². The summed E-state index contributed by atoms with van der Waals surface area (Å²) in [6.07, 6.45) is 0.422. The van der Waals surface area contributed by atoms with E-state index >= 15 is 0 Å². The minimum Gasteiger partial charge on any atom is -0.479 e. The van der Waals surface area contributed by atoms with Crippen molar-refractivity contribution >= 4 is 23.9 Å². The van der Waals surface area contributed by atoms with Crippen LogP contribution in [-0.4, -0.2) is 44.8 Å². The van der Waals surface area contributed by atoms with Crippen LogP contribution in [0, 0.1) is 0 Å². The first-order valence-electron chi connectivity index (χ1n) is 8.27. The quantitative estimate of drug-likeness (QED) is 0.273. The molecule has 0 aliphatic rings. The molecule has 0 saturated carbocycles. The normalized spacial score (nSPS) is 12.4. The summed E-state index contributed by atoms with van der Waals surface area (Å²) in [5, 5.41) is 18.5. The second kappa shape index (κ2) is 10.1. The highest BCUT2D eigenvalue weighted by Gasteiger charge is 2.46. The van der Waals surface area contributed by atoms with Gasteiger partial charge in [0.15, 0.2) is 0 Å². The van der Waals surface area contributed by atoms with Crippen molar-refractivity contribution in [1.82, 2.24) is 4.98 Å². The topological polar surface area (TPSA) is 149 Å². The molecule has 29 heavy (non-hydrogen) atoms. The lowest BCUT2D eigenvalue weighted by Gasteiger charge is -2.23. The van der Waals surface area contributed by atoms with Crippen molar-refractivity contribution in [2.24, 2.45) is 0 Å². The number of benzene rings is 1. The minimum atomic E-state index is -2.68. The van der Waals surface area contributed by atoms with Gasteiger partial charge in [-0.05, 0) is 17.7 Å². The fourth-order valence-corrected chi connectivity index (χ4v) is 2.25. The minimum absolute atomic E-state index is 0.0473. The number of esters is 3. The van der Waals surface area contributed by atoms with E-state index in [1.165, 1.54) is 18.3 Å². The molecule has 0 amide bonds. The monoisotopic (exact) mass is 403 g/mol. The van der Waals surface area contributed by atoms with E-state index in [1.54, 1.807) is 30.3 Å². The molecule has 10 heteroatoms. The zero-order valence-electron chi connectivity index (χ0n) is 15.0. The number of ether oxygens (including phenoxy) is 2. The maximum atomic E-state index is 12.0. The molecular weight excluding hydrogens is 386 g/mol. The molecule has 2 aromatic rings. The second-order valence-corrected chi connectivity index (χ2v) is 5.89. The molecule has 0 radical (unpaired) electrons. The van der Waals surface area contributed by atoms with Crippen LogP contribution in [0.5, 0.6) is 0 Å². The van der Waals surface area contributed by atoms with Gasteiger partial charge in [0.05, 0.1) is 18.4 Å². The molecule has 2 rings (SSSR count). The molecule has 0 aliphatic carbocycles. The first-order chi connectivity index (χ1) is 13.9. The summed E-state index contributed by atoms with van der Waals surface area (Å²) in [4.78, 5) is 55.1. The number of aromatic nitrogens is 1. The number of nitrogens with zero attached hydrogens (tertiary/aromatic N) is 1. The number of rotatable bonds is 9.